The Morgan fingerprint density at radius 3 is 2.77 bits per heavy atom. The highest BCUT2D eigenvalue weighted by molar-refractivity contribution is 7.99. The van der Waals surface area contributed by atoms with Crippen molar-refractivity contribution < 1.29 is 18.0 Å². The van der Waals surface area contributed by atoms with Gasteiger partial charge in [0, 0.05) is 5.75 Å². The third kappa shape index (κ3) is 3.88. The van der Waals surface area contributed by atoms with E-state index >= 15 is 0 Å². The van der Waals surface area contributed by atoms with E-state index in [1.165, 1.54) is 23.9 Å². The second-order valence-electron chi connectivity index (χ2n) is 4.35. The average molecular weight is 320 g/mol. The van der Waals surface area contributed by atoms with Gasteiger partial charge in [-0.3, -0.25) is 0 Å². The number of halogens is 1. The van der Waals surface area contributed by atoms with Crippen LogP contribution in [0.1, 0.15) is 6.42 Å². The molecule has 0 saturated heterocycles. The maximum absolute atomic E-state index is 12.7. The van der Waals surface area contributed by atoms with Crippen molar-refractivity contribution in [3.05, 3.63) is 48.5 Å². The highest BCUT2D eigenvalue weighted by Gasteiger charge is 2.10. The van der Waals surface area contributed by atoms with Crippen LogP contribution in [-0.2, 0) is 0 Å². The lowest BCUT2D eigenvalue weighted by atomic mass is 10.3. The average Bonchev–Trinajstić information content (AvgIpc) is 3.19. The Morgan fingerprint density at radius 2 is 2.00 bits per heavy atom. The number of ether oxygens (including phenoxy) is 1. The molecule has 3 rings (SSSR count). The Balaban J connectivity index is 1.39. The molecule has 0 aliphatic carbocycles. The molecule has 0 spiro atoms. The van der Waals surface area contributed by atoms with Crippen LogP contribution in [0.3, 0.4) is 0 Å². The van der Waals surface area contributed by atoms with E-state index in [1.54, 1.807) is 30.5 Å². The summed E-state index contributed by atoms with van der Waals surface area (Å²) < 4.78 is 28.9. The predicted molar refractivity (Wildman–Crippen MR) is 79.2 cm³/mol. The maximum atomic E-state index is 12.7. The summed E-state index contributed by atoms with van der Waals surface area (Å²) in [4.78, 5) is 0. The normalized spacial score (nSPS) is 10.8. The number of furan rings is 1. The highest BCUT2D eigenvalue weighted by Crippen LogP contribution is 2.23. The van der Waals surface area contributed by atoms with Gasteiger partial charge in [-0.2, -0.15) is 0 Å². The molecule has 3 aromatic rings. The fraction of sp³-hybridized carbons (Fsp3) is 0.200. The Labute approximate surface area is 130 Å². The first-order valence-corrected chi connectivity index (χ1v) is 7.68. The third-order valence-corrected chi connectivity index (χ3v) is 3.64. The van der Waals surface area contributed by atoms with Crippen LogP contribution in [0.4, 0.5) is 4.39 Å². The van der Waals surface area contributed by atoms with Crippen molar-refractivity contribution in [2.45, 2.75) is 11.6 Å². The van der Waals surface area contributed by atoms with Gasteiger partial charge in [0.25, 0.3) is 11.1 Å². The molecule has 0 aliphatic heterocycles. The molecule has 1 aromatic carbocycles. The summed E-state index contributed by atoms with van der Waals surface area (Å²) in [7, 11) is 0. The summed E-state index contributed by atoms with van der Waals surface area (Å²) >= 11 is 1.45. The Hall–Kier alpha value is -2.28. The van der Waals surface area contributed by atoms with E-state index in [0.29, 0.717) is 29.2 Å². The van der Waals surface area contributed by atoms with Crippen molar-refractivity contribution in [3.63, 3.8) is 0 Å². The van der Waals surface area contributed by atoms with E-state index in [0.717, 1.165) is 12.2 Å². The molecular weight excluding hydrogens is 307 g/mol. The summed E-state index contributed by atoms with van der Waals surface area (Å²) in [5.41, 5.74) is 0. The molecular formula is C15H13FN2O3S. The van der Waals surface area contributed by atoms with Gasteiger partial charge in [0.05, 0.1) is 12.9 Å². The lowest BCUT2D eigenvalue weighted by molar-refractivity contribution is 0.318. The first-order valence-electron chi connectivity index (χ1n) is 6.70. The van der Waals surface area contributed by atoms with Gasteiger partial charge in [-0.05, 0) is 42.8 Å². The summed E-state index contributed by atoms with van der Waals surface area (Å²) in [6, 6.07) is 9.49. The smallest absolute Gasteiger partial charge is 0.284 e. The summed E-state index contributed by atoms with van der Waals surface area (Å²) in [5, 5.41) is 8.35. The van der Waals surface area contributed by atoms with Gasteiger partial charge in [-0.25, -0.2) is 4.39 Å². The van der Waals surface area contributed by atoms with Crippen LogP contribution in [-0.4, -0.2) is 22.6 Å². The molecule has 0 bridgehead atoms. The molecule has 2 aromatic heterocycles. The maximum Gasteiger partial charge on any atom is 0.284 e. The van der Waals surface area contributed by atoms with Crippen LogP contribution < -0.4 is 4.74 Å². The molecule has 0 radical (unpaired) electrons. The lowest BCUT2D eigenvalue weighted by Crippen LogP contribution is -1.98. The number of hydrogen-bond acceptors (Lipinski definition) is 6. The van der Waals surface area contributed by atoms with E-state index in [1.807, 2.05) is 0 Å². The zero-order chi connectivity index (χ0) is 15.2. The van der Waals surface area contributed by atoms with Gasteiger partial charge < -0.3 is 13.6 Å². The standard InChI is InChI=1S/C15H13FN2O3S/c16-11-4-6-12(7-5-11)19-9-2-10-22-15-18-17-14(21-15)13-3-1-8-20-13/h1,3-8H,2,9-10H2. The third-order valence-electron chi connectivity index (χ3n) is 2.73. The molecule has 2 heterocycles. The molecule has 114 valence electrons. The van der Waals surface area contributed by atoms with E-state index < -0.39 is 0 Å². The van der Waals surface area contributed by atoms with Gasteiger partial charge in [0.1, 0.15) is 11.6 Å². The molecule has 5 nitrogen and oxygen atoms in total. The van der Waals surface area contributed by atoms with Crippen molar-refractivity contribution in [2.24, 2.45) is 0 Å². The van der Waals surface area contributed by atoms with Gasteiger partial charge in [-0.1, -0.05) is 11.8 Å². The lowest BCUT2D eigenvalue weighted by Gasteiger charge is -2.04. The topological polar surface area (TPSA) is 61.3 Å². The summed E-state index contributed by atoms with van der Waals surface area (Å²) in [6.45, 7) is 0.539. The fourth-order valence-corrected chi connectivity index (χ4v) is 2.38. The van der Waals surface area contributed by atoms with Crippen LogP contribution in [0.5, 0.6) is 5.75 Å². The van der Waals surface area contributed by atoms with Crippen molar-refractivity contribution in [1.82, 2.24) is 10.2 Å². The summed E-state index contributed by atoms with van der Waals surface area (Å²) in [5.74, 6) is 2.09. The molecule has 0 amide bonds. The minimum atomic E-state index is -0.272. The predicted octanol–water partition coefficient (Wildman–Crippen LogP) is 4.03. The number of nitrogens with zero attached hydrogens (tertiary/aromatic N) is 2. The fourth-order valence-electron chi connectivity index (χ4n) is 1.71. The monoisotopic (exact) mass is 320 g/mol. The zero-order valence-corrected chi connectivity index (χ0v) is 12.4. The quantitative estimate of drug-likeness (QED) is 0.484. The van der Waals surface area contributed by atoms with Crippen molar-refractivity contribution in [3.8, 4) is 17.4 Å². The van der Waals surface area contributed by atoms with E-state index in [4.69, 9.17) is 13.6 Å². The van der Waals surface area contributed by atoms with E-state index in [9.17, 15) is 4.39 Å². The van der Waals surface area contributed by atoms with Crippen molar-refractivity contribution in [2.75, 3.05) is 12.4 Å². The van der Waals surface area contributed by atoms with Crippen molar-refractivity contribution in [1.29, 1.82) is 0 Å². The Kier molecular flexibility index (Phi) is 4.75. The van der Waals surface area contributed by atoms with Gasteiger partial charge >= 0.3 is 0 Å². The van der Waals surface area contributed by atoms with E-state index in [2.05, 4.69) is 10.2 Å². The zero-order valence-electron chi connectivity index (χ0n) is 11.6. The van der Waals surface area contributed by atoms with Gasteiger partial charge in [-0.15, -0.1) is 10.2 Å². The summed E-state index contributed by atoms with van der Waals surface area (Å²) in [6.07, 6.45) is 2.36. The first-order chi connectivity index (χ1) is 10.8. The number of benzene rings is 1. The van der Waals surface area contributed by atoms with Crippen LogP contribution in [0.25, 0.3) is 11.7 Å². The number of thioether (sulfide) groups is 1. The van der Waals surface area contributed by atoms with Gasteiger partial charge in [0.2, 0.25) is 0 Å². The van der Waals surface area contributed by atoms with Crippen LogP contribution >= 0.6 is 11.8 Å². The molecule has 7 heteroatoms. The molecule has 0 aliphatic rings. The molecule has 0 unspecified atom stereocenters. The molecule has 0 fully saturated rings. The highest BCUT2D eigenvalue weighted by atomic mass is 32.2. The largest absolute Gasteiger partial charge is 0.494 e. The minimum absolute atomic E-state index is 0.272. The second-order valence-corrected chi connectivity index (χ2v) is 5.40. The number of aromatic nitrogens is 2. The SMILES string of the molecule is Fc1ccc(OCCCSc2nnc(-c3ccco3)o2)cc1. The Morgan fingerprint density at radius 1 is 1.14 bits per heavy atom. The van der Waals surface area contributed by atoms with Crippen molar-refractivity contribution >= 4 is 11.8 Å². The minimum Gasteiger partial charge on any atom is -0.494 e. The number of hydrogen-bond donors (Lipinski definition) is 0. The molecule has 0 N–H and O–H groups in total. The van der Waals surface area contributed by atoms with Crippen LogP contribution in [0, 0.1) is 5.82 Å². The Bertz CT molecular complexity index is 698. The second kappa shape index (κ2) is 7.13. The first kappa shape index (κ1) is 14.6. The molecule has 0 saturated carbocycles. The van der Waals surface area contributed by atoms with Crippen LogP contribution in [0.15, 0.2) is 56.7 Å². The molecule has 22 heavy (non-hydrogen) atoms. The van der Waals surface area contributed by atoms with Gasteiger partial charge in [0.15, 0.2) is 5.76 Å². The van der Waals surface area contributed by atoms with E-state index in [-0.39, 0.29) is 5.82 Å². The van der Waals surface area contributed by atoms with Crippen LogP contribution in [0.2, 0.25) is 0 Å². The number of rotatable bonds is 7. The molecule has 0 atom stereocenters.